The van der Waals surface area contributed by atoms with E-state index >= 15 is 0 Å². The van der Waals surface area contributed by atoms with E-state index in [4.69, 9.17) is 11.6 Å². The highest BCUT2D eigenvalue weighted by Crippen LogP contribution is 2.11. The van der Waals surface area contributed by atoms with Gasteiger partial charge in [-0.3, -0.25) is 4.90 Å². The third-order valence-electron chi connectivity index (χ3n) is 2.41. The normalized spacial score (nSPS) is 11.8. The Balaban J connectivity index is 2.64. The van der Waals surface area contributed by atoms with Crippen molar-refractivity contribution < 1.29 is 0 Å². The quantitative estimate of drug-likeness (QED) is 0.717. The van der Waals surface area contributed by atoms with Gasteiger partial charge in [-0.15, -0.1) is 0 Å². The first-order valence-corrected chi connectivity index (χ1v) is 6.69. The first-order valence-electron chi connectivity index (χ1n) is 6.31. The third-order valence-corrected chi connectivity index (χ3v) is 2.62. The molecule has 17 heavy (non-hydrogen) atoms. The van der Waals surface area contributed by atoms with Crippen LogP contribution in [0.3, 0.4) is 0 Å². The van der Waals surface area contributed by atoms with Crippen molar-refractivity contribution in [3.63, 3.8) is 0 Å². The standard InChI is InChI=1S/C14H23ClN2/c1-11(2)8-17(9-12(3)4)10-13-6-5-7-14(15)16-13/h5-7,11-12H,8-10H2,1-4H3. The molecule has 1 heterocycles. The maximum absolute atomic E-state index is 5.91. The van der Waals surface area contributed by atoms with E-state index in [9.17, 15) is 0 Å². The van der Waals surface area contributed by atoms with Crippen LogP contribution >= 0.6 is 11.6 Å². The van der Waals surface area contributed by atoms with E-state index in [1.54, 1.807) is 0 Å². The minimum atomic E-state index is 0.580. The Kier molecular flexibility index (Phi) is 5.93. The second-order valence-corrected chi connectivity index (χ2v) is 5.82. The third kappa shape index (κ3) is 6.04. The average molecular weight is 255 g/mol. The highest BCUT2D eigenvalue weighted by atomic mass is 35.5. The van der Waals surface area contributed by atoms with Crippen molar-refractivity contribution in [1.29, 1.82) is 0 Å². The highest BCUT2D eigenvalue weighted by molar-refractivity contribution is 6.29. The molecule has 1 rings (SSSR count). The molecule has 2 nitrogen and oxygen atoms in total. The Bertz CT molecular complexity index is 327. The van der Waals surface area contributed by atoms with Crippen molar-refractivity contribution in [2.75, 3.05) is 13.1 Å². The summed E-state index contributed by atoms with van der Waals surface area (Å²) in [5, 5.41) is 0.580. The van der Waals surface area contributed by atoms with Gasteiger partial charge in [0.05, 0.1) is 5.69 Å². The lowest BCUT2D eigenvalue weighted by atomic mass is 10.1. The molecule has 0 atom stereocenters. The lowest BCUT2D eigenvalue weighted by molar-refractivity contribution is 0.209. The highest BCUT2D eigenvalue weighted by Gasteiger charge is 2.10. The molecule has 0 unspecified atom stereocenters. The van der Waals surface area contributed by atoms with Crippen LogP contribution in [0.25, 0.3) is 0 Å². The lowest BCUT2D eigenvalue weighted by Crippen LogP contribution is -2.31. The van der Waals surface area contributed by atoms with Gasteiger partial charge in [-0.25, -0.2) is 4.98 Å². The summed E-state index contributed by atoms with van der Waals surface area (Å²) in [6, 6.07) is 5.83. The van der Waals surface area contributed by atoms with Crippen LogP contribution in [0.5, 0.6) is 0 Å². The number of hydrogen-bond donors (Lipinski definition) is 0. The minimum absolute atomic E-state index is 0.580. The van der Waals surface area contributed by atoms with Crippen LogP contribution in [-0.4, -0.2) is 23.0 Å². The van der Waals surface area contributed by atoms with Gasteiger partial charge in [0.2, 0.25) is 0 Å². The van der Waals surface area contributed by atoms with Crippen LogP contribution in [0, 0.1) is 11.8 Å². The molecule has 0 aliphatic carbocycles. The second-order valence-electron chi connectivity index (χ2n) is 5.43. The van der Waals surface area contributed by atoms with Gasteiger partial charge in [0.25, 0.3) is 0 Å². The van der Waals surface area contributed by atoms with Crippen LogP contribution in [0.1, 0.15) is 33.4 Å². The summed E-state index contributed by atoms with van der Waals surface area (Å²) in [5.74, 6) is 1.35. The predicted octanol–water partition coefficient (Wildman–Crippen LogP) is 3.85. The number of nitrogens with zero attached hydrogens (tertiary/aromatic N) is 2. The van der Waals surface area contributed by atoms with Gasteiger partial charge in [0.1, 0.15) is 5.15 Å². The molecule has 0 bridgehead atoms. The van der Waals surface area contributed by atoms with Crippen LogP contribution in [0.2, 0.25) is 5.15 Å². The number of hydrogen-bond acceptors (Lipinski definition) is 2. The van der Waals surface area contributed by atoms with E-state index < -0.39 is 0 Å². The molecule has 0 fully saturated rings. The fourth-order valence-corrected chi connectivity index (χ4v) is 2.19. The zero-order chi connectivity index (χ0) is 12.8. The molecule has 0 amide bonds. The van der Waals surface area contributed by atoms with E-state index in [1.165, 1.54) is 0 Å². The second kappa shape index (κ2) is 6.97. The topological polar surface area (TPSA) is 16.1 Å². The molecule has 0 saturated heterocycles. The Labute approximate surface area is 110 Å². The number of aromatic nitrogens is 1. The number of halogens is 1. The fraction of sp³-hybridized carbons (Fsp3) is 0.643. The first-order chi connectivity index (χ1) is 7.97. The summed E-state index contributed by atoms with van der Waals surface area (Å²) in [5.41, 5.74) is 1.05. The van der Waals surface area contributed by atoms with Gasteiger partial charge < -0.3 is 0 Å². The molecular weight excluding hydrogens is 232 g/mol. The van der Waals surface area contributed by atoms with Gasteiger partial charge in [-0.2, -0.15) is 0 Å². The molecule has 1 aromatic heterocycles. The van der Waals surface area contributed by atoms with E-state index in [0.717, 1.165) is 25.3 Å². The molecule has 3 heteroatoms. The van der Waals surface area contributed by atoms with Gasteiger partial charge in [-0.05, 0) is 24.0 Å². The number of pyridine rings is 1. The lowest BCUT2D eigenvalue weighted by Gasteiger charge is -2.25. The molecule has 96 valence electrons. The Morgan fingerprint density at radius 1 is 1.12 bits per heavy atom. The van der Waals surface area contributed by atoms with Crippen molar-refractivity contribution in [1.82, 2.24) is 9.88 Å². The van der Waals surface area contributed by atoms with Crippen LogP contribution in [-0.2, 0) is 6.54 Å². The van der Waals surface area contributed by atoms with Gasteiger partial charge >= 0.3 is 0 Å². The summed E-state index contributed by atoms with van der Waals surface area (Å²) in [4.78, 5) is 6.80. The molecule has 0 spiro atoms. The summed E-state index contributed by atoms with van der Waals surface area (Å²) < 4.78 is 0. The van der Waals surface area contributed by atoms with Crippen molar-refractivity contribution >= 4 is 11.6 Å². The zero-order valence-corrected chi connectivity index (χ0v) is 12.0. The predicted molar refractivity (Wildman–Crippen MR) is 74.2 cm³/mol. The summed E-state index contributed by atoms with van der Waals surface area (Å²) in [6.07, 6.45) is 0. The molecule has 0 N–H and O–H groups in total. The average Bonchev–Trinajstić information content (AvgIpc) is 2.14. The van der Waals surface area contributed by atoms with Crippen LogP contribution < -0.4 is 0 Å². The van der Waals surface area contributed by atoms with Gasteiger partial charge in [0.15, 0.2) is 0 Å². The van der Waals surface area contributed by atoms with Crippen molar-refractivity contribution in [3.8, 4) is 0 Å². The molecular formula is C14H23ClN2. The molecule has 1 aromatic rings. The van der Waals surface area contributed by atoms with E-state index in [1.807, 2.05) is 18.2 Å². The largest absolute Gasteiger partial charge is 0.297 e. The molecule has 0 aliphatic rings. The Morgan fingerprint density at radius 2 is 1.71 bits per heavy atom. The molecule has 0 saturated carbocycles. The smallest absolute Gasteiger partial charge is 0.129 e. The summed E-state index contributed by atoms with van der Waals surface area (Å²) >= 11 is 5.91. The Hall–Kier alpha value is -0.600. The summed E-state index contributed by atoms with van der Waals surface area (Å²) in [7, 11) is 0. The van der Waals surface area contributed by atoms with E-state index in [0.29, 0.717) is 17.0 Å². The van der Waals surface area contributed by atoms with Crippen LogP contribution in [0.4, 0.5) is 0 Å². The molecule has 0 aliphatic heterocycles. The summed E-state index contributed by atoms with van der Waals surface area (Å²) in [6.45, 7) is 12.1. The van der Waals surface area contributed by atoms with Gasteiger partial charge in [-0.1, -0.05) is 45.4 Å². The van der Waals surface area contributed by atoms with Crippen LogP contribution in [0.15, 0.2) is 18.2 Å². The molecule has 0 aromatic carbocycles. The fourth-order valence-electron chi connectivity index (χ4n) is 2.00. The first kappa shape index (κ1) is 14.5. The minimum Gasteiger partial charge on any atom is -0.297 e. The van der Waals surface area contributed by atoms with E-state index in [-0.39, 0.29) is 0 Å². The SMILES string of the molecule is CC(C)CN(Cc1cccc(Cl)n1)CC(C)C. The maximum atomic E-state index is 5.91. The van der Waals surface area contributed by atoms with Crippen molar-refractivity contribution in [2.45, 2.75) is 34.2 Å². The van der Waals surface area contributed by atoms with Crippen molar-refractivity contribution in [2.24, 2.45) is 11.8 Å². The molecule has 0 radical (unpaired) electrons. The zero-order valence-electron chi connectivity index (χ0n) is 11.3. The van der Waals surface area contributed by atoms with Crippen molar-refractivity contribution in [3.05, 3.63) is 29.0 Å². The maximum Gasteiger partial charge on any atom is 0.129 e. The van der Waals surface area contributed by atoms with Gasteiger partial charge in [0, 0.05) is 19.6 Å². The monoisotopic (exact) mass is 254 g/mol. The number of rotatable bonds is 6. The van der Waals surface area contributed by atoms with E-state index in [2.05, 4.69) is 37.6 Å². The Morgan fingerprint density at radius 3 is 2.18 bits per heavy atom.